The summed E-state index contributed by atoms with van der Waals surface area (Å²) in [6, 6.07) is 64.7. The fraction of sp³-hybridized carbons (Fsp3) is 0.111. The van der Waals surface area contributed by atoms with Gasteiger partial charge in [-0.3, -0.25) is 0 Å². The Morgan fingerprint density at radius 3 is 0.579 bits per heavy atom. The second-order valence-corrected chi connectivity index (χ2v) is 19.0. The Kier molecular flexibility index (Phi) is 22.3. The molecule has 7 rings (SSSR count). The predicted molar refractivity (Wildman–Crippen MR) is 237 cm³/mol. The molecule has 1 aliphatic rings. The molecule has 57 heavy (non-hydrogen) atoms. The van der Waals surface area contributed by atoms with E-state index in [1.807, 2.05) is 0 Å². The van der Waals surface area contributed by atoms with Crippen molar-refractivity contribution in [1.82, 2.24) is 0 Å². The third-order valence-electron chi connectivity index (χ3n) is 7.42. The van der Waals surface area contributed by atoms with Crippen LogP contribution in [-0.2, 0) is 19.5 Å². The molecule has 0 unspecified atom stereocenters. The summed E-state index contributed by atoms with van der Waals surface area (Å²) < 4.78 is 59.2. The third kappa shape index (κ3) is 23.2. The van der Waals surface area contributed by atoms with E-state index in [-0.39, 0.29) is 24.8 Å². The van der Waals surface area contributed by atoms with Crippen LogP contribution >= 0.6 is 46.9 Å². The molecule has 0 amide bonds. The van der Waals surface area contributed by atoms with Crippen LogP contribution in [0.15, 0.2) is 206 Å². The average molecular weight is 966 g/mol. The first-order valence-corrected chi connectivity index (χ1v) is 23.4. The molecule has 1 aliphatic carbocycles. The van der Waals surface area contributed by atoms with Gasteiger partial charge in [-0.15, -0.1) is 23.2 Å². The summed E-state index contributed by atoms with van der Waals surface area (Å²) >= 11 is 9.53. The molecule has 0 N–H and O–H groups in total. The molecule has 12 heteroatoms. The molecule has 6 aromatic carbocycles. The van der Waals surface area contributed by atoms with E-state index in [1.165, 1.54) is 57.5 Å². The van der Waals surface area contributed by atoms with Crippen molar-refractivity contribution in [3.8, 4) is 0 Å². The van der Waals surface area contributed by atoms with Gasteiger partial charge in [0.25, 0.3) is 0 Å². The summed E-state index contributed by atoms with van der Waals surface area (Å²) in [4.78, 5) is 0. The van der Waals surface area contributed by atoms with Crippen molar-refractivity contribution in [1.29, 1.82) is 0 Å². The minimum atomic E-state index is -10.7. The van der Waals surface area contributed by atoms with Crippen LogP contribution in [0.2, 0.25) is 0 Å². The quantitative estimate of drug-likeness (QED) is 0.0513. The van der Waals surface area contributed by atoms with E-state index in [2.05, 4.69) is 206 Å². The first kappa shape index (κ1) is 50.0. The van der Waals surface area contributed by atoms with Crippen LogP contribution in [0.25, 0.3) is 0 Å². The zero-order chi connectivity index (χ0) is 40.6. The molecular weight excluding hydrogens is 921 g/mol. The summed E-state index contributed by atoms with van der Waals surface area (Å²) in [5.74, 6) is 0. The minimum absolute atomic E-state index is 0. The van der Waals surface area contributed by atoms with E-state index in [4.69, 9.17) is 23.2 Å². The molecular formula is C45H44Cl2F6P3Rh-. The van der Waals surface area contributed by atoms with Gasteiger partial charge in [0.15, 0.2) is 0 Å². The summed E-state index contributed by atoms with van der Waals surface area (Å²) in [6.07, 6.45) is 14.0. The van der Waals surface area contributed by atoms with E-state index in [0.717, 1.165) is 0 Å². The van der Waals surface area contributed by atoms with Crippen molar-refractivity contribution < 1.29 is 44.7 Å². The fourth-order valence-corrected chi connectivity index (χ4v) is 9.82. The normalized spacial score (nSPS) is 14.1. The molecule has 0 heterocycles. The van der Waals surface area contributed by atoms with E-state index in [9.17, 15) is 25.2 Å². The number of hydrogen-bond acceptors (Lipinski definition) is 0. The smallest absolute Gasteiger partial charge is 0 e. The molecule has 6 aromatic rings. The van der Waals surface area contributed by atoms with E-state index in [1.54, 1.807) is 0 Å². The topological polar surface area (TPSA) is 0 Å². The van der Waals surface area contributed by atoms with Crippen molar-refractivity contribution in [2.45, 2.75) is 25.7 Å². The third-order valence-corrected chi connectivity index (χ3v) is 12.3. The molecule has 0 aliphatic heterocycles. The molecule has 1 radical (unpaired) electrons. The molecule has 0 nitrogen and oxygen atoms in total. The van der Waals surface area contributed by atoms with Gasteiger partial charge in [0.1, 0.15) is 0 Å². The number of benzene rings is 6. The maximum Gasteiger partial charge on any atom is 0 e. The van der Waals surface area contributed by atoms with Crippen molar-refractivity contribution in [3.05, 3.63) is 206 Å². The number of halogens is 8. The summed E-state index contributed by atoms with van der Waals surface area (Å²) in [6.45, 7) is 0. The molecule has 0 saturated heterocycles. The van der Waals surface area contributed by atoms with Crippen LogP contribution in [-0.4, -0.2) is 5.34 Å². The molecule has 0 atom stereocenters. The Labute approximate surface area is 358 Å². The van der Waals surface area contributed by atoms with Gasteiger partial charge in [-0.05, 0) is 73.4 Å². The molecule has 0 spiro atoms. The molecule has 0 fully saturated rings. The maximum atomic E-state index is 9.87. The SMILES string of the molecule is C1=C\CC/C=C\CC/1.ClCCl.F[P-](F)(F)(F)(F)F.[Rh].c1ccc(P(c2ccccc2)c2ccccc2)cc1.c1ccc(P(c2ccccc2)c2ccccc2)cc1. The number of alkyl halides is 2. The van der Waals surface area contributed by atoms with Crippen LogP contribution in [0, 0.1) is 0 Å². The van der Waals surface area contributed by atoms with Crippen molar-refractivity contribution >= 4 is 78.7 Å². The number of hydrogen-bond donors (Lipinski definition) is 0. The van der Waals surface area contributed by atoms with Crippen LogP contribution in [0.5, 0.6) is 0 Å². The summed E-state index contributed by atoms with van der Waals surface area (Å²) in [5.41, 5.74) is 0. The van der Waals surface area contributed by atoms with Crippen LogP contribution in [0.1, 0.15) is 25.7 Å². The Bertz CT molecular complexity index is 1640. The van der Waals surface area contributed by atoms with E-state index < -0.39 is 23.7 Å². The van der Waals surface area contributed by atoms with Gasteiger partial charge >= 0.3 is 33.0 Å². The average Bonchev–Trinajstić information content (AvgIpc) is 3.17. The zero-order valence-electron chi connectivity index (χ0n) is 30.9. The first-order valence-electron chi connectivity index (χ1n) is 17.7. The van der Waals surface area contributed by atoms with Crippen molar-refractivity contribution in [2.24, 2.45) is 0 Å². The molecule has 305 valence electrons. The van der Waals surface area contributed by atoms with Gasteiger partial charge in [-0.2, -0.15) is 0 Å². The zero-order valence-corrected chi connectivity index (χ0v) is 36.7. The second kappa shape index (κ2) is 25.4. The van der Waals surface area contributed by atoms with E-state index in [0.29, 0.717) is 0 Å². The second-order valence-electron chi connectivity index (χ2n) is 11.8. The van der Waals surface area contributed by atoms with Crippen molar-refractivity contribution in [2.75, 3.05) is 5.34 Å². The van der Waals surface area contributed by atoms with Gasteiger partial charge in [0, 0.05) is 19.5 Å². The van der Waals surface area contributed by atoms with Crippen LogP contribution < -0.4 is 31.8 Å². The minimum Gasteiger partial charge on any atom is -0.0622 e. The predicted octanol–water partition coefficient (Wildman–Crippen LogP) is 14.4. The Hall–Kier alpha value is -3.13. The fourth-order valence-electron chi connectivity index (χ4n) is 5.21. The van der Waals surface area contributed by atoms with Crippen molar-refractivity contribution in [3.63, 3.8) is 0 Å². The molecule has 0 aromatic heterocycles. The molecule has 0 saturated carbocycles. The monoisotopic (exact) mass is 964 g/mol. The van der Waals surface area contributed by atoms with Crippen LogP contribution in [0.3, 0.4) is 0 Å². The summed E-state index contributed by atoms with van der Waals surface area (Å²) in [7, 11) is -11.5. The first-order chi connectivity index (χ1) is 26.8. The summed E-state index contributed by atoms with van der Waals surface area (Å²) in [5, 5.41) is 8.58. The molecule has 0 bridgehead atoms. The Morgan fingerprint density at radius 1 is 0.333 bits per heavy atom. The maximum absolute atomic E-state index is 10.7. The standard InChI is InChI=1S/2C18H15P.C8H12.CH2Cl2.F6P.Rh/c2*1-4-10-16(11-5-1)19(17-12-6-2-7-13-17)18-14-8-3-9-15-18;1-2-4-6-8-7-5-3-1;2-1-3;1-7(2,3,4,5)6;/h2*1-15H;1-2,7-8H,3-6H2;1H2;;/q;;;;-1;/b;;2-1-,8-7-;;;. The van der Waals surface area contributed by atoms with Gasteiger partial charge in [-0.25, -0.2) is 0 Å². The van der Waals surface area contributed by atoms with Gasteiger partial charge in [0.2, 0.25) is 0 Å². The Balaban J connectivity index is 0.000000276. The van der Waals surface area contributed by atoms with Gasteiger partial charge < -0.3 is 0 Å². The van der Waals surface area contributed by atoms with Crippen LogP contribution in [0.4, 0.5) is 25.2 Å². The van der Waals surface area contributed by atoms with Gasteiger partial charge in [0.05, 0.1) is 5.34 Å². The largest absolute Gasteiger partial charge is 0.0622 e. The Morgan fingerprint density at radius 2 is 0.456 bits per heavy atom. The number of rotatable bonds is 6. The van der Waals surface area contributed by atoms with Gasteiger partial charge in [-0.1, -0.05) is 206 Å². The number of allylic oxidation sites excluding steroid dienone is 4. The van der Waals surface area contributed by atoms with E-state index >= 15 is 0 Å².